The lowest BCUT2D eigenvalue weighted by molar-refractivity contribution is 0.772. The van der Waals surface area contributed by atoms with Crippen LogP contribution in [-0.4, -0.2) is 9.78 Å². The van der Waals surface area contributed by atoms with Crippen molar-refractivity contribution >= 4 is 33.1 Å². The molecule has 0 atom stereocenters. The Morgan fingerprint density at radius 3 is 2.85 bits per heavy atom. The highest BCUT2D eigenvalue weighted by Gasteiger charge is 2.08. The van der Waals surface area contributed by atoms with E-state index in [1.165, 1.54) is 0 Å². The Kier molecular flexibility index (Phi) is 2.13. The second-order valence-electron chi connectivity index (χ2n) is 2.73. The zero-order chi connectivity index (χ0) is 9.42. The number of rotatable bonds is 1. The fourth-order valence-electron chi connectivity index (χ4n) is 1.15. The summed E-state index contributed by atoms with van der Waals surface area (Å²) in [4.78, 5) is 1.14. The van der Waals surface area contributed by atoms with Gasteiger partial charge in [-0.15, -0.1) is 11.3 Å². The van der Waals surface area contributed by atoms with Crippen LogP contribution in [0.5, 0.6) is 0 Å². The topological polar surface area (TPSA) is 43.8 Å². The van der Waals surface area contributed by atoms with Gasteiger partial charge in [-0.25, -0.2) is 0 Å². The average molecular weight is 258 g/mol. The van der Waals surface area contributed by atoms with Gasteiger partial charge in [0.25, 0.3) is 0 Å². The van der Waals surface area contributed by atoms with Gasteiger partial charge in [0.05, 0.1) is 5.56 Å². The van der Waals surface area contributed by atoms with E-state index in [-0.39, 0.29) is 0 Å². The summed E-state index contributed by atoms with van der Waals surface area (Å²) in [5.74, 6) is 0.580. The Balaban J connectivity index is 2.51. The molecule has 0 aliphatic rings. The molecule has 2 heterocycles. The first-order chi connectivity index (χ1) is 6.16. The number of hydrogen-bond donors (Lipinski definition) is 1. The molecule has 0 amide bonds. The van der Waals surface area contributed by atoms with Crippen molar-refractivity contribution in [2.24, 2.45) is 7.05 Å². The molecular formula is C8H8BrN3S. The van der Waals surface area contributed by atoms with Gasteiger partial charge in [0.2, 0.25) is 0 Å². The molecule has 0 bridgehead atoms. The van der Waals surface area contributed by atoms with E-state index in [9.17, 15) is 0 Å². The highest BCUT2D eigenvalue weighted by molar-refractivity contribution is 9.10. The summed E-state index contributed by atoms with van der Waals surface area (Å²) in [6.45, 7) is 0. The number of halogens is 1. The van der Waals surface area contributed by atoms with Crippen LogP contribution in [0.2, 0.25) is 0 Å². The maximum Gasteiger partial charge on any atom is 0.154 e. The number of anilines is 1. The van der Waals surface area contributed by atoms with Gasteiger partial charge in [-0.2, -0.15) is 5.10 Å². The second-order valence-corrected chi connectivity index (χ2v) is 4.56. The molecule has 68 valence electrons. The van der Waals surface area contributed by atoms with Gasteiger partial charge in [-0.3, -0.25) is 4.68 Å². The third-order valence-corrected chi connectivity index (χ3v) is 3.41. The van der Waals surface area contributed by atoms with Crippen LogP contribution >= 0.6 is 27.3 Å². The highest BCUT2D eigenvalue weighted by Crippen LogP contribution is 2.32. The Hall–Kier alpha value is -0.810. The minimum atomic E-state index is 0.580. The molecule has 3 nitrogen and oxygen atoms in total. The normalized spacial score (nSPS) is 10.6. The summed E-state index contributed by atoms with van der Waals surface area (Å²) >= 11 is 5.05. The van der Waals surface area contributed by atoms with Crippen LogP contribution in [0.25, 0.3) is 10.4 Å². The van der Waals surface area contributed by atoms with Crippen molar-refractivity contribution in [2.45, 2.75) is 0 Å². The van der Waals surface area contributed by atoms with Gasteiger partial charge in [-0.05, 0) is 22.0 Å². The summed E-state index contributed by atoms with van der Waals surface area (Å²) < 4.78 is 2.80. The monoisotopic (exact) mass is 257 g/mol. The van der Waals surface area contributed by atoms with Crippen molar-refractivity contribution in [1.29, 1.82) is 0 Å². The molecular weight excluding hydrogens is 250 g/mol. The quantitative estimate of drug-likeness (QED) is 0.854. The molecule has 13 heavy (non-hydrogen) atoms. The smallest absolute Gasteiger partial charge is 0.154 e. The van der Waals surface area contributed by atoms with E-state index in [1.54, 1.807) is 16.0 Å². The van der Waals surface area contributed by atoms with Crippen molar-refractivity contribution in [1.82, 2.24) is 9.78 Å². The lowest BCUT2D eigenvalue weighted by Gasteiger charge is -1.90. The molecule has 0 saturated heterocycles. The number of nitrogens with two attached hydrogens (primary N) is 1. The summed E-state index contributed by atoms with van der Waals surface area (Å²) in [6.07, 6.45) is 1.92. The second kappa shape index (κ2) is 3.16. The van der Waals surface area contributed by atoms with Crippen molar-refractivity contribution in [3.05, 3.63) is 22.1 Å². The van der Waals surface area contributed by atoms with E-state index < -0.39 is 0 Å². The van der Waals surface area contributed by atoms with Crippen molar-refractivity contribution in [3.8, 4) is 10.4 Å². The Labute approximate surface area is 88.3 Å². The molecule has 0 radical (unpaired) electrons. The first-order valence-electron chi connectivity index (χ1n) is 3.70. The minimum Gasteiger partial charge on any atom is -0.382 e. The number of aromatic nitrogens is 2. The molecule has 2 N–H and O–H groups in total. The number of nitrogen functional groups attached to an aromatic ring is 1. The molecule has 0 fully saturated rings. The molecule has 2 rings (SSSR count). The van der Waals surface area contributed by atoms with Crippen LogP contribution in [0.1, 0.15) is 0 Å². The third-order valence-electron chi connectivity index (χ3n) is 1.69. The van der Waals surface area contributed by atoms with Gasteiger partial charge in [0.1, 0.15) is 0 Å². The first-order valence-corrected chi connectivity index (χ1v) is 5.37. The van der Waals surface area contributed by atoms with E-state index in [1.807, 2.05) is 24.7 Å². The van der Waals surface area contributed by atoms with E-state index in [0.29, 0.717) is 5.82 Å². The average Bonchev–Trinajstić information content (AvgIpc) is 2.58. The maximum absolute atomic E-state index is 5.74. The first kappa shape index (κ1) is 8.77. The third kappa shape index (κ3) is 1.62. The number of nitrogens with zero attached hydrogens (tertiary/aromatic N) is 2. The van der Waals surface area contributed by atoms with Crippen LogP contribution in [0.4, 0.5) is 5.82 Å². The lowest BCUT2D eigenvalue weighted by atomic mass is 10.3. The zero-order valence-electron chi connectivity index (χ0n) is 6.99. The standard InChI is InChI=1S/C8H8BrN3S/c1-12-3-6(8(10)11-12)7-2-5(9)4-13-7/h2-4H,1H3,(H2,10,11). The molecule has 0 aliphatic heterocycles. The molecule has 0 unspecified atom stereocenters. The molecule has 2 aromatic heterocycles. The van der Waals surface area contributed by atoms with Gasteiger partial charge >= 0.3 is 0 Å². The van der Waals surface area contributed by atoms with E-state index in [4.69, 9.17) is 5.73 Å². The van der Waals surface area contributed by atoms with Crippen molar-refractivity contribution in [2.75, 3.05) is 5.73 Å². The Morgan fingerprint density at radius 2 is 2.38 bits per heavy atom. The zero-order valence-corrected chi connectivity index (χ0v) is 9.39. The van der Waals surface area contributed by atoms with Crippen molar-refractivity contribution in [3.63, 3.8) is 0 Å². The molecule has 2 aromatic rings. The largest absolute Gasteiger partial charge is 0.382 e. The fourth-order valence-corrected chi connectivity index (χ4v) is 2.60. The fraction of sp³-hybridized carbons (Fsp3) is 0.125. The van der Waals surface area contributed by atoms with Crippen LogP contribution in [0, 0.1) is 0 Å². The summed E-state index contributed by atoms with van der Waals surface area (Å²) in [5, 5.41) is 6.11. The lowest BCUT2D eigenvalue weighted by Crippen LogP contribution is -1.90. The van der Waals surface area contributed by atoms with Gasteiger partial charge in [-0.1, -0.05) is 0 Å². The summed E-state index contributed by atoms with van der Waals surface area (Å²) in [6, 6.07) is 2.04. The van der Waals surface area contributed by atoms with Gasteiger partial charge < -0.3 is 5.73 Å². The number of aryl methyl sites for hydroxylation is 1. The van der Waals surface area contributed by atoms with Crippen LogP contribution < -0.4 is 5.73 Å². The van der Waals surface area contributed by atoms with E-state index in [0.717, 1.165) is 14.9 Å². The summed E-state index contributed by atoms with van der Waals surface area (Å²) in [7, 11) is 1.86. The Bertz CT molecular complexity index is 432. The SMILES string of the molecule is Cn1cc(-c2cc(Br)cs2)c(N)n1. The summed E-state index contributed by atoms with van der Waals surface area (Å²) in [5.41, 5.74) is 6.74. The van der Waals surface area contributed by atoms with E-state index >= 15 is 0 Å². The molecule has 5 heteroatoms. The van der Waals surface area contributed by atoms with Crippen LogP contribution in [-0.2, 0) is 7.05 Å². The number of hydrogen-bond acceptors (Lipinski definition) is 3. The Morgan fingerprint density at radius 1 is 1.62 bits per heavy atom. The van der Waals surface area contributed by atoms with Crippen LogP contribution in [0.3, 0.4) is 0 Å². The maximum atomic E-state index is 5.74. The predicted molar refractivity (Wildman–Crippen MR) is 58.6 cm³/mol. The van der Waals surface area contributed by atoms with Crippen LogP contribution in [0.15, 0.2) is 22.1 Å². The predicted octanol–water partition coefficient (Wildman–Crippen LogP) is 2.49. The molecule has 0 spiro atoms. The van der Waals surface area contributed by atoms with E-state index in [2.05, 4.69) is 21.0 Å². The van der Waals surface area contributed by atoms with Crippen molar-refractivity contribution < 1.29 is 0 Å². The molecule has 0 saturated carbocycles. The minimum absolute atomic E-state index is 0.580. The van der Waals surface area contributed by atoms with Gasteiger partial charge in [0.15, 0.2) is 5.82 Å². The molecule has 0 aliphatic carbocycles. The van der Waals surface area contributed by atoms with Gasteiger partial charge in [0, 0.05) is 28.0 Å². The number of thiophene rings is 1. The molecule has 0 aromatic carbocycles. The highest BCUT2D eigenvalue weighted by atomic mass is 79.9.